The van der Waals surface area contributed by atoms with Gasteiger partial charge in [0, 0.05) is 12.2 Å². The van der Waals surface area contributed by atoms with Crippen LogP contribution in [0.3, 0.4) is 0 Å². The molecule has 0 aliphatic carbocycles. The van der Waals surface area contributed by atoms with Gasteiger partial charge in [-0.2, -0.15) is 0 Å². The third-order valence-corrected chi connectivity index (χ3v) is 1.80. The van der Waals surface area contributed by atoms with Gasteiger partial charge in [0.25, 0.3) is 0 Å². The molecular formula is C11H20N2O. The molecule has 14 heavy (non-hydrogen) atoms. The first-order valence-electron chi connectivity index (χ1n) is 4.60. The van der Waals surface area contributed by atoms with Crippen LogP contribution in [0.4, 0.5) is 5.69 Å². The second-order valence-corrected chi connectivity index (χ2v) is 3.50. The van der Waals surface area contributed by atoms with E-state index in [4.69, 9.17) is 4.74 Å². The minimum Gasteiger partial charge on any atom is -0.497 e. The van der Waals surface area contributed by atoms with Gasteiger partial charge >= 0.3 is 0 Å². The van der Waals surface area contributed by atoms with Gasteiger partial charge in [-0.3, -0.25) is 0 Å². The third-order valence-electron chi connectivity index (χ3n) is 1.80. The number of hydrogen-bond donors (Lipinski definition) is 2. The van der Waals surface area contributed by atoms with E-state index in [1.165, 1.54) is 0 Å². The standard InChI is InChI=1S/C11H17NO.H3N/c1-9(2)8-12-10-4-6-11(13-3)7-5-10;/h4-7,9,12H,8H2,1-3H3;1H3. The van der Waals surface area contributed by atoms with Gasteiger partial charge in [-0.05, 0) is 30.2 Å². The van der Waals surface area contributed by atoms with Crippen molar-refractivity contribution in [2.75, 3.05) is 19.0 Å². The molecule has 1 rings (SSSR count). The summed E-state index contributed by atoms with van der Waals surface area (Å²) in [6.45, 7) is 5.39. The van der Waals surface area contributed by atoms with Crippen LogP contribution < -0.4 is 16.2 Å². The van der Waals surface area contributed by atoms with Crippen LogP contribution in [0.1, 0.15) is 13.8 Å². The lowest BCUT2D eigenvalue weighted by atomic mass is 10.2. The Hall–Kier alpha value is -1.22. The first kappa shape index (κ1) is 12.8. The molecule has 0 saturated carbocycles. The van der Waals surface area contributed by atoms with Gasteiger partial charge < -0.3 is 16.2 Å². The predicted octanol–water partition coefficient (Wildman–Crippen LogP) is 2.93. The average Bonchev–Trinajstić information content (AvgIpc) is 2.15. The third kappa shape index (κ3) is 4.14. The van der Waals surface area contributed by atoms with E-state index >= 15 is 0 Å². The average molecular weight is 196 g/mol. The Morgan fingerprint density at radius 2 is 1.79 bits per heavy atom. The van der Waals surface area contributed by atoms with Gasteiger partial charge in [0.05, 0.1) is 7.11 Å². The minimum absolute atomic E-state index is 0. The highest BCUT2D eigenvalue weighted by Crippen LogP contribution is 2.14. The molecule has 0 heterocycles. The summed E-state index contributed by atoms with van der Waals surface area (Å²) in [7, 11) is 1.68. The van der Waals surface area contributed by atoms with Crippen LogP contribution in [0.5, 0.6) is 5.75 Å². The number of rotatable bonds is 4. The summed E-state index contributed by atoms with van der Waals surface area (Å²) in [4.78, 5) is 0. The van der Waals surface area contributed by atoms with Crippen LogP contribution >= 0.6 is 0 Å². The summed E-state index contributed by atoms with van der Waals surface area (Å²) >= 11 is 0. The van der Waals surface area contributed by atoms with Crippen molar-refractivity contribution in [2.45, 2.75) is 13.8 Å². The summed E-state index contributed by atoms with van der Waals surface area (Å²) in [5, 5.41) is 3.34. The normalized spacial score (nSPS) is 9.43. The predicted molar refractivity (Wildman–Crippen MR) is 61.3 cm³/mol. The zero-order chi connectivity index (χ0) is 9.68. The van der Waals surface area contributed by atoms with E-state index in [0.717, 1.165) is 18.0 Å². The largest absolute Gasteiger partial charge is 0.497 e. The van der Waals surface area contributed by atoms with Gasteiger partial charge in [-0.15, -0.1) is 0 Å². The maximum absolute atomic E-state index is 5.07. The molecule has 1 aromatic carbocycles. The van der Waals surface area contributed by atoms with E-state index in [0.29, 0.717) is 5.92 Å². The molecule has 0 amide bonds. The Bertz CT molecular complexity index is 244. The van der Waals surface area contributed by atoms with Crippen molar-refractivity contribution < 1.29 is 4.74 Å². The molecular weight excluding hydrogens is 176 g/mol. The van der Waals surface area contributed by atoms with Crippen molar-refractivity contribution in [2.24, 2.45) is 5.92 Å². The molecule has 0 spiro atoms. The maximum atomic E-state index is 5.07. The van der Waals surface area contributed by atoms with Gasteiger partial charge in [0.2, 0.25) is 0 Å². The van der Waals surface area contributed by atoms with Gasteiger partial charge in [-0.1, -0.05) is 13.8 Å². The summed E-state index contributed by atoms with van der Waals surface area (Å²) in [6.07, 6.45) is 0. The second-order valence-electron chi connectivity index (χ2n) is 3.50. The monoisotopic (exact) mass is 196 g/mol. The quantitative estimate of drug-likeness (QED) is 0.778. The van der Waals surface area contributed by atoms with E-state index in [-0.39, 0.29) is 6.15 Å². The van der Waals surface area contributed by atoms with E-state index < -0.39 is 0 Å². The first-order valence-corrected chi connectivity index (χ1v) is 4.60. The Kier molecular flexibility index (Phi) is 5.72. The molecule has 4 N–H and O–H groups in total. The highest BCUT2D eigenvalue weighted by Gasteiger charge is 1.95. The van der Waals surface area contributed by atoms with Crippen LogP contribution in [0.2, 0.25) is 0 Å². The molecule has 0 fully saturated rings. The molecule has 3 heteroatoms. The lowest BCUT2D eigenvalue weighted by molar-refractivity contribution is 0.415. The summed E-state index contributed by atoms with van der Waals surface area (Å²) in [5.41, 5.74) is 1.15. The van der Waals surface area contributed by atoms with Gasteiger partial charge in [-0.25, -0.2) is 0 Å². The fourth-order valence-corrected chi connectivity index (χ4v) is 1.03. The summed E-state index contributed by atoms with van der Waals surface area (Å²) in [5.74, 6) is 1.57. The van der Waals surface area contributed by atoms with Crippen LogP contribution in [0.15, 0.2) is 24.3 Å². The Labute approximate surface area is 86.1 Å². The topological polar surface area (TPSA) is 56.3 Å². The molecule has 1 aromatic rings. The van der Waals surface area contributed by atoms with Crippen molar-refractivity contribution >= 4 is 5.69 Å². The highest BCUT2D eigenvalue weighted by molar-refractivity contribution is 5.46. The zero-order valence-electron chi connectivity index (χ0n) is 9.21. The van der Waals surface area contributed by atoms with E-state index in [9.17, 15) is 0 Å². The van der Waals surface area contributed by atoms with Gasteiger partial charge in [0.1, 0.15) is 5.75 Å². The lowest BCUT2D eigenvalue weighted by Crippen LogP contribution is -2.07. The van der Waals surface area contributed by atoms with Crippen molar-refractivity contribution in [3.8, 4) is 5.75 Å². The van der Waals surface area contributed by atoms with Crippen molar-refractivity contribution in [1.29, 1.82) is 0 Å². The molecule has 0 saturated heterocycles. The first-order chi connectivity index (χ1) is 6.22. The molecule has 80 valence electrons. The van der Waals surface area contributed by atoms with Crippen LogP contribution in [-0.2, 0) is 0 Å². The molecule has 0 aromatic heterocycles. The fourth-order valence-electron chi connectivity index (χ4n) is 1.03. The van der Waals surface area contributed by atoms with Crippen molar-refractivity contribution in [1.82, 2.24) is 6.15 Å². The minimum atomic E-state index is 0. The number of hydrogen-bond acceptors (Lipinski definition) is 3. The number of anilines is 1. The maximum Gasteiger partial charge on any atom is 0.119 e. The molecule has 0 aliphatic rings. The molecule has 0 bridgehead atoms. The molecule has 0 radical (unpaired) electrons. The summed E-state index contributed by atoms with van der Waals surface area (Å²) in [6, 6.07) is 7.98. The smallest absolute Gasteiger partial charge is 0.119 e. The molecule has 0 unspecified atom stereocenters. The fraction of sp³-hybridized carbons (Fsp3) is 0.455. The Morgan fingerprint density at radius 1 is 1.21 bits per heavy atom. The Morgan fingerprint density at radius 3 is 2.21 bits per heavy atom. The van der Waals surface area contributed by atoms with Crippen molar-refractivity contribution in [3.63, 3.8) is 0 Å². The molecule has 3 nitrogen and oxygen atoms in total. The molecule has 0 aliphatic heterocycles. The van der Waals surface area contributed by atoms with Crippen LogP contribution in [0.25, 0.3) is 0 Å². The number of benzene rings is 1. The highest BCUT2D eigenvalue weighted by atomic mass is 16.5. The van der Waals surface area contributed by atoms with Crippen LogP contribution in [0, 0.1) is 5.92 Å². The number of ether oxygens (including phenoxy) is 1. The van der Waals surface area contributed by atoms with E-state index in [1.54, 1.807) is 7.11 Å². The van der Waals surface area contributed by atoms with E-state index in [2.05, 4.69) is 19.2 Å². The number of methoxy groups -OCH3 is 1. The number of nitrogens with one attached hydrogen (secondary N) is 1. The Balaban J connectivity index is 0.00000169. The van der Waals surface area contributed by atoms with Crippen LogP contribution in [-0.4, -0.2) is 13.7 Å². The SMILES string of the molecule is COc1ccc(NCC(C)C)cc1.N. The molecule has 0 atom stereocenters. The van der Waals surface area contributed by atoms with Crippen molar-refractivity contribution in [3.05, 3.63) is 24.3 Å². The second kappa shape index (κ2) is 6.27. The summed E-state index contributed by atoms with van der Waals surface area (Å²) < 4.78 is 5.07. The lowest BCUT2D eigenvalue weighted by Gasteiger charge is -2.09. The zero-order valence-corrected chi connectivity index (χ0v) is 9.21. The van der Waals surface area contributed by atoms with E-state index in [1.807, 2.05) is 24.3 Å². The van der Waals surface area contributed by atoms with Gasteiger partial charge in [0.15, 0.2) is 0 Å².